The Bertz CT molecular complexity index is 2300. The summed E-state index contributed by atoms with van der Waals surface area (Å²) in [5.41, 5.74) is 9.44. The molecule has 0 amide bonds. The topological polar surface area (TPSA) is 56.2 Å². The molecule has 8 aromatic rings. The lowest BCUT2D eigenvalue weighted by atomic mass is 9.99. The number of fused-ring (bicyclic) bond motifs is 3. The summed E-state index contributed by atoms with van der Waals surface area (Å²) < 4.78 is 6.24. The zero-order valence-electron chi connectivity index (χ0n) is 24.1. The van der Waals surface area contributed by atoms with Crippen molar-refractivity contribution < 1.29 is 4.42 Å². The lowest BCUT2D eigenvalue weighted by Gasteiger charge is -2.08. The maximum atomic E-state index is 7.19. The summed E-state index contributed by atoms with van der Waals surface area (Å²) in [6, 6.07) is 48.6. The van der Waals surface area contributed by atoms with Crippen LogP contribution in [0.1, 0.15) is 0 Å². The van der Waals surface area contributed by atoms with Crippen molar-refractivity contribution in [3.8, 4) is 56.4 Å². The van der Waals surface area contributed by atoms with E-state index in [1.165, 1.54) is 0 Å². The smallest absolute Gasteiger partial charge is 0.187 e. The van der Waals surface area contributed by atoms with Gasteiger partial charge in [0.2, 0.25) is 0 Å². The Labute approximate surface area is 260 Å². The van der Waals surface area contributed by atoms with Crippen molar-refractivity contribution in [2.75, 3.05) is 0 Å². The lowest BCUT2D eigenvalue weighted by Crippen LogP contribution is -2.00. The summed E-state index contributed by atoms with van der Waals surface area (Å²) in [6.45, 7) is 7.19. The second-order valence-electron chi connectivity index (χ2n) is 10.8. The highest BCUT2D eigenvalue weighted by atomic mass is 16.3. The molecular weight excluding hydrogens is 552 g/mol. The quantitative estimate of drug-likeness (QED) is 0.191. The van der Waals surface area contributed by atoms with Gasteiger partial charge in [0.25, 0.3) is 0 Å². The number of hydrogen-bond donors (Lipinski definition) is 0. The summed E-state index contributed by atoms with van der Waals surface area (Å²) in [4.78, 5) is 18.1. The molecule has 0 spiro atoms. The van der Waals surface area contributed by atoms with E-state index < -0.39 is 0 Å². The van der Waals surface area contributed by atoms with Crippen molar-refractivity contribution in [2.24, 2.45) is 0 Å². The Morgan fingerprint density at radius 2 is 0.800 bits per heavy atom. The fourth-order valence-electron chi connectivity index (χ4n) is 5.62. The van der Waals surface area contributed by atoms with Gasteiger partial charge in [-0.15, -0.1) is 0 Å². The van der Waals surface area contributed by atoms with Crippen LogP contribution in [0.5, 0.6) is 0 Å². The molecule has 0 radical (unpaired) electrons. The molecule has 0 aliphatic carbocycles. The number of rotatable bonds is 5. The van der Waals surface area contributed by atoms with Crippen molar-refractivity contribution in [3.05, 3.63) is 157 Å². The van der Waals surface area contributed by atoms with E-state index in [0.717, 1.165) is 60.9 Å². The summed E-state index contributed by atoms with van der Waals surface area (Å²) in [5, 5.41) is 2.03. The van der Waals surface area contributed by atoms with Gasteiger partial charge in [0.05, 0.1) is 6.57 Å². The number of benzene rings is 6. The first-order valence-corrected chi connectivity index (χ1v) is 14.6. The molecule has 0 unspecified atom stereocenters. The van der Waals surface area contributed by atoms with Crippen molar-refractivity contribution in [1.82, 2.24) is 15.0 Å². The summed E-state index contributed by atoms with van der Waals surface area (Å²) >= 11 is 0. The van der Waals surface area contributed by atoms with E-state index in [9.17, 15) is 0 Å². The van der Waals surface area contributed by atoms with Crippen LogP contribution in [0.2, 0.25) is 0 Å². The van der Waals surface area contributed by atoms with E-state index in [2.05, 4.69) is 47.3 Å². The molecule has 0 aliphatic heterocycles. The number of furan rings is 1. The third-order valence-electron chi connectivity index (χ3n) is 7.97. The molecule has 0 fully saturated rings. The van der Waals surface area contributed by atoms with Crippen LogP contribution in [-0.2, 0) is 0 Å². The first kappa shape index (κ1) is 26.3. The molecule has 0 saturated heterocycles. The second-order valence-corrected chi connectivity index (χ2v) is 10.8. The number of aromatic nitrogens is 3. The van der Waals surface area contributed by atoms with Crippen LogP contribution < -0.4 is 0 Å². The zero-order chi connectivity index (χ0) is 30.2. The van der Waals surface area contributed by atoms with Gasteiger partial charge >= 0.3 is 0 Å². The third kappa shape index (κ3) is 5.01. The van der Waals surface area contributed by atoms with E-state index in [1.807, 2.05) is 103 Å². The van der Waals surface area contributed by atoms with Gasteiger partial charge in [-0.1, -0.05) is 115 Å². The minimum absolute atomic E-state index is 0.607. The first-order chi connectivity index (χ1) is 22.2. The molecule has 5 heteroatoms. The molecule has 0 saturated carbocycles. The van der Waals surface area contributed by atoms with Gasteiger partial charge in [-0.05, 0) is 52.6 Å². The van der Waals surface area contributed by atoms with Crippen LogP contribution in [0, 0.1) is 6.57 Å². The van der Waals surface area contributed by atoms with Crippen molar-refractivity contribution >= 4 is 27.6 Å². The normalized spacial score (nSPS) is 11.1. The molecule has 6 aromatic carbocycles. The third-order valence-corrected chi connectivity index (χ3v) is 7.97. The van der Waals surface area contributed by atoms with Crippen LogP contribution in [0.25, 0.3) is 83.2 Å². The van der Waals surface area contributed by atoms with Crippen molar-refractivity contribution in [3.63, 3.8) is 0 Å². The predicted molar refractivity (Wildman–Crippen MR) is 181 cm³/mol. The maximum absolute atomic E-state index is 7.19. The van der Waals surface area contributed by atoms with Crippen molar-refractivity contribution in [1.29, 1.82) is 0 Å². The SMILES string of the molecule is [C-]#[N+]c1ccc(-c2ccc(-c3ccc4oc5ccc(-c6nc(-c7ccccc7)nc(-c7ccccc7)n6)cc5c4c3)cc2)cc1. The highest BCUT2D eigenvalue weighted by Gasteiger charge is 2.15. The molecule has 0 bridgehead atoms. The highest BCUT2D eigenvalue weighted by Crippen LogP contribution is 2.36. The monoisotopic (exact) mass is 576 g/mol. The summed E-state index contributed by atoms with van der Waals surface area (Å²) in [7, 11) is 0. The minimum atomic E-state index is 0.607. The van der Waals surface area contributed by atoms with E-state index in [0.29, 0.717) is 23.2 Å². The molecule has 8 rings (SSSR count). The molecule has 0 N–H and O–H groups in total. The van der Waals surface area contributed by atoms with Gasteiger partial charge in [-0.25, -0.2) is 19.8 Å². The van der Waals surface area contributed by atoms with Gasteiger partial charge in [0, 0.05) is 27.5 Å². The van der Waals surface area contributed by atoms with Crippen LogP contribution >= 0.6 is 0 Å². The van der Waals surface area contributed by atoms with E-state index in [4.69, 9.17) is 25.9 Å². The van der Waals surface area contributed by atoms with Gasteiger partial charge in [-0.2, -0.15) is 0 Å². The molecule has 2 heterocycles. The summed E-state index contributed by atoms with van der Waals surface area (Å²) in [5.74, 6) is 1.87. The van der Waals surface area contributed by atoms with Gasteiger partial charge in [0.1, 0.15) is 11.2 Å². The fraction of sp³-hybridized carbons (Fsp3) is 0. The van der Waals surface area contributed by atoms with E-state index in [1.54, 1.807) is 0 Å². The Morgan fingerprint density at radius 1 is 0.400 bits per heavy atom. The Kier molecular flexibility index (Phi) is 6.44. The predicted octanol–water partition coefficient (Wildman–Crippen LogP) is 10.7. The first-order valence-electron chi connectivity index (χ1n) is 14.6. The number of nitrogens with zero attached hydrogens (tertiary/aromatic N) is 4. The van der Waals surface area contributed by atoms with Gasteiger partial charge in [0.15, 0.2) is 23.2 Å². The Hall–Kier alpha value is -6.38. The van der Waals surface area contributed by atoms with Crippen LogP contribution in [-0.4, -0.2) is 15.0 Å². The molecule has 2 aromatic heterocycles. The van der Waals surface area contributed by atoms with Crippen LogP contribution in [0.3, 0.4) is 0 Å². The molecular formula is C40H24N4O. The van der Waals surface area contributed by atoms with E-state index >= 15 is 0 Å². The van der Waals surface area contributed by atoms with Gasteiger partial charge < -0.3 is 4.42 Å². The average Bonchev–Trinajstić information content (AvgIpc) is 3.49. The summed E-state index contributed by atoms with van der Waals surface area (Å²) in [6.07, 6.45) is 0. The largest absolute Gasteiger partial charge is 0.456 e. The second kappa shape index (κ2) is 11.0. The van der Waals surface area contributed by atoms with Crippen molar-refractivity contribution in [2.45, 2.75) is 0 Å². The van der Waals surface area contributed by atoms with Crippen LogP contribution in [0.15, 0.2) is 150 Å². The molecule has 45 heavy (non-hydrogen) atoms. The van der Waals surface area contributed by atoms with Gasteiger partial charge in [-0.3, -0.25) is 0 Å². The Morgan fingerprint density at radius 3 is 1.31 bits per heavy atom. The standard InChI is InChI=1S/C40H24N4O/c1-41-33-20-16-27(17-21-33)26-12-14-28(15-13-26)31-18-22-36-34(24-31)35-25-32(19-23-37(35)45-36)40-43-38(29-8-4-2-5-9-29)42-39(44-40)30-10-6-3-7-11-30/h2-25H. The van der Waals surface area contributed by atoms with Crippen LogP contribution in [0.4, 0.5) is 5.69 Å². The average molecular weight is 577 g/mol. The minimum Gasteiger partial charge on any atom is -0.456 e. The molecule has 210 valence electrons. The highest BCUT2D eigenvalue weighted by molar-refractivity contribution is 6.07. The molecule has 0 aliphatic rings. The zero-order valence-corrected chi connectivity index (χ0v) is 24.1. The molecule has 0 atom stereocenters. The number of hydrogen-bond acceptors (Lipinski definition) is 4. The Balaban J connectivity index is 1.20. The maximum Gasteiger partial charge on any atom is 0.187 e. The lowest BCUT2D eigenvalue weighted by molar-refractivity contribution is 0.669. The fourth-order valence-corrected chi connectivity index (χ4v) is 5.62. The van der Waals surface area contributed by atoms with E-state index in [-0.39, 0.29) is 0 Å². The molecule has 5 nitrogen and oxygen atoms in total.